The van der Waals surface area contributed by atoms with Gasteiger partial charge in [-0.25, -0.2) is 8.78 Å². The largest absolute Gasteiger partial charge is 0.490 e. The van der Waals surface area contributed by atoms with Crippen molar-refractivity contribution in [1.82, 2.24) is 10.1 Å². The second kappa shape index (κ2) is 8.30. The maximum Gasteiger partial charge on any atom is 0.225 e. The summed E-state index contributed by atoms with van der Waals surface area (Å²) in [6.07, 6.45) is 0.308. The maximum absolute atomic E-state index is 14.2. The van der Waals surface area contributed by atoms with E-state index in [4.69, 9.17) is 9.26 Å². The lowest BCUT2D eigenvalue weighted by molar-refractivity contribution is -0.117. The van der Waals surface area contributed by atoms with E-state index in [1.165, 1.54) is 24.3 Å². The Bertz CT molecular complexity index is 1200. The summed E-state index contributed by atoms with van der Waals surface area (Å²) in [7, 11) is 0. The van der Waals surface area contributed by atoms with Crippen LogP contribution in [0.4, 0.5) is 20.3 Å². The van der Waals surface area contributed by atoms with Crippen LogP contribution >= 0.6 is 0 Å². The summed E-state index contributed by atoms with van der Waals surface area (Å²) >= 11 is 0. The first-order valence-corrected chi connectivity index (χ1v) is 11.1. The van der Waals surface area contributed by atoms with Gasteiger partial charge in [0.1, 0.15) is 24.0 Å². The molecule has 1 fully saturated rings. The Labute approximate surface area is 190 Å². The molecule has 0 unspecified atom stereocenters. The minimum atomic E-state index is -0.453. The van der Waals surface area contributed by atoms with E-state index in [1.807, 2.05) is 13.8 Å². The first kappa shape index (κ1) is 21.6. The number of rotatable bonds is 5. The number of hydrogen-bond donors (Lipinski definition) is 1. The molecule has 0 saturated carbocycles. The van der Waals surface area contributed by atoms with E-state index in [0.717, 1.165) is 42.9 Å². The molecule has 2 aliphatic rings. The minimum Gasteiger partial charge on any atom is -0.490 e. The molecule has 0 aliphatic carbocycles. The minimum absolute atomic E-state index is 0.0943. The number of aromatic nitrogens is 1. The molecule has 0 bridgehead atoms. The fourth-order valence-corrected chi connectivity index (χ4v) is 4.63. The van der Waals surface area contributed by atoms with Gasteiger partial charge in [-0.05, 0) is 23.8 Å². The van der Waals surface area contributed by atoms with Gasteiger partial charge in [0.15, 0.2) is 11.4 Å². The third kappa shape index (κ3) is 4.25. The Hall–Kier alpha value is -3.20. The fourth-order valence-electron chi connectivity index (χ4n) is 4.63. The number of hydrogen-bond acceptors (Lipinski definition) is 6. The number of nitrogens with one attached hydrogen (secondary N) is 1. The molecule has 5 rings (SSSR count). The van der Waals surface area contributed by atoms with Gasteiger partial charge in [0.2, 0.25) is 5.91 Å². The van der Waals surface area contributed by atoms with Crippen LogP contribution in [0.3, 0.4) is 0 Å². The quantitative estimate of drug-likeness (QED) is 0.628. The molecule has 2 aromatic carbocycles. The molecule has 1 saturated heterocycles. The molecule has 9 heteroatoms. The topological polar surface area (TPSA) is 70.8 Å². The van der Waals surface area contributed by atoms with Crippen molar-refractivity contribution in [2.75, 3.05) is 49.5 Å². The van der Waals surface area contributed by atoms with E-state index in [2.05, 4.69) is 20.3 Å². The Morgan fingerprint density at radius 3 is 2.70 bits per heavy atom. The van der Waals surface area contributed by atoms with Gasteiger partial charge in [0, 0.05) is 56.7 Å². The third-order valence-corrected chi connectivity index (χ3v) is 6.41. The lowest BCUT2D eigenvalue weighted by Gasteiger charge is -2.35. The van der Waals surface area contributed by atoms with Crippen LogP contribution in [-0.2, 0) is 10.2 Å². The van der Waals surface area contributed by atoms with Crippen LogP contribution in [0.5, 0.6) is 5.75 Å². The molecule has 7 nitrogen and oxygen atoms in total. The van der Waals surface area contributed by atoms with Crippen LogP contribution in [0.2, 0.25) is 0 Å². The van der Waals surface area contributed by atoms with Gasteiger partial charge in [-0.15, -0.1) is 0 Å². The summed E-state index contributed by atoms with van der Waals surface area (Å²) in [4.78, 5) is 16.5. The van der Waals surface area contributed by atoms with Crippen LogP contribution in [-0.4, -0.2) is 55.3 Å². The summed E-state index contributed by atoms with van der Waals surface area (Å²) in [5.74, 6) is 0.277. The van der Waals surface area contributed by atoms with Crippen molar-refractivity contribution in [3.05, 3.63) is 47.5 Å². The first-order valence-electron chi connectivity index (χ1n) is 11.1. The highest BCUT2D eigenvalue weighted by atomic mass is 19.1. The maximum atomic E-state index is 14.2. The normalized spacial score (nSPS) is 18.3. The monoisotopic (exact) mass is 456 g/mol. The van der Waals surface area contributed by atoms with Gasteiger partial charge in [-0.1, -0.05) is 19.0 Å². The molecule has 3 aromatic rings. The van der Waals surface area contributed by atoms with E-state index < -0.39 is 5.41 Å². The van der Waals surface area contributed by atoms with Crippen LogP contribution in [0.1, 0.15) is 25.8 Å². The van der Waals surface area contributed by atoms with Crippen molar-refractivity contribution in [2.24, 2.45) is 0 Å². The van der Waals surface area contributed by atoms with Gasteiger partial charge in [0.25, 0.3) is 0 Å². The molecule has 33 heavy (non-hydrogen) atoms. The van der Waals surface area contributed by atoms with E-state index in [-0.39, 0.29) is 17.5 Å². The third-order valence-electron chi connectivity index (χ3n) is 6.41. The van der Waals surface area contributed by atoms with Crippen molar-refractivity contribution in [3.8, 4) is 5.75 Å². The Morgan fingerprint density at radius 2 is 1.91 bits per heavy atom. The predicted molar refractivity (Wildman–Crippen MR) is 121 cm³/mol. The number of carbonyl (C=O) groups is 1. The van der Waals surface area contributed by atoms with Gasteiger partial charge in [-0.2, -0.15) is 0 Å². The van der Waals surface area contributed by atoms with Crippen molar-refractivity contribution < 1.29 is 22.8 Å². The molecule has 3 heterocycles. The molecule has 174 valence electrons. The van der Waals surface area contributed by atoms with Gasteiger partial charge in [0.05, 0.1) is 11.1 Å². The molecule has 1 aromatic heterocycles. The standard InChI is InChI=1S/C24H26F2N4O3/c1-24(2)14-21(31)27-22-18(24)11-16(26)13-20(22)32-10-9-29-5-7-30(8-6-29)23-17-4-3-15(25)12-19(17)33-28-23/h3-4,11-13H,5-10,14H2,1-2H3,(H,27,31). The highest BCUT2D eigenvalue weighted by Gasteiger charge is 2.34. The molecule has 0 spiro atoms. The molecular weight excluding hydrogens is 430 g/mol. The summed E-state index contributed by atoms with van der Waals surface area (Å²) in [6.45, 7) is 7.99. The van der Waals surface area contributed by atoms with E-state index in [1.54, 1.807) is 6.07 Å². The number of fused-ring (bicyclic) bond motifs is 2. The number of nitrogens with zero attached hydrogens (tertiary/aromatic N) is 3. The summed E-state index contributed by atoms with van der Waals surface area (Å²) < 4.78 is 38.8. The average Bonchev–Trinajstić information content (AvgIpc) is 3.17. The molecule has 0 atom stereocenters. The molecule has 0 radical (unpaired) electrons. The smallest absolute Gasteiger partial charge is 0.225 e. The lowest BCUT2D eigenvalue weighted by Crippen LogP contribution is -2.47. The van der Waals surface area contributed by atoms with Crippen molar-refractivity contribution in [2.45, 2.75) is 25.7 Å². The SMILES string of the molecule is CC1(C)CC(=O)Nc2c(OCCN3CCN(c4noc5cc(F)ccc45)CC3)cc(F)cc21. The number of carbonyl (C=O) groups excluding carboxylic acids is 1. The Balaban J connectivity index is 1.19. The number of ether oxygens (including phenoxy) is 1. The second-order valence-electron chi connectivity index (χ2n) is 9.26. The second-order valence-corrected chi connectivity index (χ2v) is 9.26. The highest BCUT2D eigenvalue weighted by molar-refractivity contribution is 5.97. The summed E-state index contributed by atoms with van der Waals surface area (Å²) in [5.41, 5.74) is 1.31. The van der Waals surface area contributed by atoms with Crippen LogP contribution in [0.25, 0.3) is 11.0 Å². The predicted octanol–water partition coefficient (Wildman–Crippen LogP) is 3.93. The number of amides is 1. The van der Waals surface area contributed by atoms with Gasteiger partial charge in [-0.3, -0.25) is 9.69 Å². The van der Waals surface area contributed by atoms with Crippen molar-refractivity contribution >= 4 is 28.4 Å². The van der Waals surface area contributed by atoms with Crippen LogP contribution < -0.4 is 15.0 Å². The molecular formula is C24H26F2N4O3. The molecule has 1 amide bonds. The highest BCUT2D eigenvalue weighted by Crippen LogP contribution is 2.42. The Morgan fingerprint density at radius 1 is 1.12 bits per heavy atom. The number of benzene rings is 2. The van der Waals surface area contributed by atoms with E-state index in [9.17, 15) is 13.6 Å². The summed E-state index contributed by atoms with van der Waals surface area (Å²) in [6, 6.07) is 7.25. The average molecular weight is 456 g/mol. The first-order chi connectivity index (χ1) is 15.8. The number of anilines is 2. The van der Waals surface area contributed by atoms with Crippen molar-refractivity contribution in [1.29, 1.82) is 0 Å². The zero-order chi connectivity index (χ0) is 23.2. The van der Waals surface area contributed by atoms with Gasteiger partial charge >= 0.3 is 0 Å². The van der Waals surface area contributed by atoms with Crippen LogP contribution in [0.15, 0.2) is 34.9 Å². The lowest BCUT2D eigenvalue weighted by atomic mass is 9.78. The number of piperazine rings is 1. The Kier molecular flexibility index (Phi) is 5.44. The van der Waals surface area contributed by atoms with Crippen molar-refractivity contribution in [3.63, 3.8) is 0 Å². The summed E-state index contributed by atoms with van der Waals surface area (Å²) in [5, 5.41) is 7.77. The molecule has 1 N–H and O–H groups in total. The van der Waals surface area contributed by atoms with E-state index >= 15 is 0 Å². The fraction of sp³-hybridized carbons (Fsp3) is 0.417. The number of halogens is 2. The van der Waals surface area contributed by atoms with E-state index in [0.29, 0.717) is 36.6 Å². The van der Waals surface area contributed by atoms with Gasteiger partial charge < -0.3 is 19.5 Å². The molecule has 2 aliphatic heterocycles. The zero-order valence-electron chi connectivity index (χ0n) is 18.7. The zero-order valence-corrected chi connectivity index (χ0v) is 18.7. The van der Waals surface area contributed by atoms with Crippen LogP contribution in [0, 0.1) is 11.6 Å².